The molecule has 2 N–H and O–H groups in total. The van der Waals surface area contributed by atoms with Gasteiger partial charge in [0, 0.05) is 23.8 Å². The minimum absolute atomic E-state index is 0.159. The molecule has 0 heterocycles. The van der Waals surface area contributed by atoms with Crippen molar-refractivity contribution in [3.05, 3.63) is 58.1 Å². The first-order valence-corrected chi connectivity index (χ1v) is 7.24. The third kappa shape index (κ3) is 3.55. The Labute approximate surface area is 132 Å². The first kappa shape index (κ1) is 15.4. The van der Waals surface area contributed by atoms with Gasteiger partial charge in [0.15, 0.2) is 0 Å². The summed E-state index contributed by atoms with van der Waals surface area (Å²) in [6.07, 6.45) is 0. The summed E-state index contributed by atoms with van der Waals surface area (Å²) in [6, 6.07) is 13.0. The quantitative estimate of drug-likeness (QED) is 0.862. The van der Waals surface area contributed by atoms with Gasteiger partial charge in [-0.05, 0) is 29.8 Å². The third-order valence-electron chi connectivity index (χ3n) is 3.17. The monoisotopic (exact) mass is 348 g/mol. The van der Waals surface area contributed by atoms with Gasteiger partial charge in [0.25, 0.3) is 5.91 Å². The van der Waals surface area contributed by atoms with Crippen molar-refractivity contribution in [3.8, 4) is 5.75 Å². The molecule has 1 amide bonds. The van der Waals surface area contributed by atoms with Crippen LogP contribution >= 0.6 is 15.9 Å². The van der Waals surface area contributed by atoms with Crippen molar-refractivity contribution >= 4 is 27.5 Å². The van der Waals surface area contributed by atoms with Gasteiger partial charge in [-0.15, -0.1) is 0 Å². The number of rotatable bonds is 4. The van der Waals surface area contributed by atoms with Gasteiger partial charge in [0.05, 0.1) is 7.11 Å². The Kier molecular flexibility index (Phi) is 4.85. The predicted molar refractivity (Wildman–Crippen MR) is 87.3 cm³/mol. The summed E-state index contributed by atoms with van der Waals surface area (Å²) in [4.78, 5) is 14.2. The minimum atomic E-state index is -0.159. The normalized spacial score (nSPS) is 10.2. The number of hydrogen-bond donors (Lipinski definition) is 1. The molecule has 0 aliphatic heterocycles. The van der Waals surface area contributed by atoms with Crippen molar-refractivity contribution in [2.45, 2.75) is 6.54 Å². The lowest BCUT2D eigenvalue weighted by Gasteiger charge is -2.20. The van der Waals surface area contributed by atoms with Gasteiger partial charge in [0.1, 0.15) is 11.3 Å². The van der Waals surface area contributed by atoms with Crippen molar-refractivity contribution in [1.29, 1.82) is 0 Å². The first-order valence-electron chi connectivity index (χ1n) is 6.45. The van der Waals surface area contributed by atoms with Crippen LogP contribution < -0.4 is 10.5 Å². The number of nitrogens with zero attached hydrogens (tertiary/aromatic N) is 1. The van der Waals surface area contributed by atoms with E-state index in [0.717, 1.165) is 10.0 Å². The molecule has 2 aromatic rings. The molecule has 2 rings (SSSR count). The van der Waals surface area contributed by atoms with Crippen molar-refractivity contribution < 1.29 is 9.53 Å². The number of benzene rings is 2. The summed E-state index contributed by atoms with van der Waals surface area (Å²) >= 11 is 3.39. The molecule has 21 heavy (non-hydrogen) atoms. The SMILES string of the molecule is COc1cccc(N)c1C(=O)N(C)Cc1ccc(Br)cc1. The Balaban J connectivity index is 2.21. The minimum Gasteiger partial charge on any atom is -0.496 e. The molecule has 0 aromatic heterocycles. The van der Waals surface area contributed by atoms with E-state index in [0.29, 0.717) is 23.5 Å². The van der Waals surface area contributed by atoms with E-state index < -0.39 is 0 Å². The number of amides is 1. The van der Waals surface area contributed by atoms with Gasteiger partial charge in [-0.3, -0.25) is 4.79 Å². The van der Waals surface area contributed by atoms with E-state index in [2.05, 4.69) is 15.9 Å². The Morgan fingerprint density at radius 1 is 1.24 bits per heavy atom. The van der Waals surface area contributed by atoms with Crippen LogP contribution in [0.25, 0.3) is 0 Å². The smallest absolute Gasteiger partial charge is 0.259 e. The number of ether oxygens (including phenoxy) is 1. The number of methoxy groups -OCH3 is 1. The number of anilines is 1. The molecule has 4 nitrogen and oxygen atoms in total. The van der Waals surface area contributed by atoms with Crippen LogP contribution in [0.1, 0.15) is 15.9 Å². The summed E-state index contributed by atoms with van der Waals surface area (Å²) in [5.74, 6) is 0.329. The van der Waals surface area contributed by atoms with Gasteiger partial charge in [-0.1, -0.05) is 34.1 Å². The average molecular weight is 349 g/mol. The highest BCUT2D eigenvalue weighted by molar-refractivity contribution is 9.10. The summed E-state index contributed by atoms with van der Waals surface area (Å²) in [5, 5.41) is 0. The fourth-order valence-electron chi connectivity index (χ4n) is 2.07. The Morgan fingerprint density at radius 3 is 2.52 bits per heavy atom. The lowest BCUT2D eigenvalue weighted by atomic mass is 10.1. The lowest BCUT2D eigenvalue weighted by Crippen LogP contribution is -2.27. The molecule has 0 unspecified atom stereocenters. The molecule has 5 heteroatoms. The van der Waals surface area contributed by atoms with Crippen LogP contribution in [0.2, 0.25) is 0 Å². The number of nitrogen functional groups attached to an aromatic ring is 1. The van der Waals surface area contributed by atoms with Gasteiger partial charge in [0.2, 0.25) is 0 Å². The van der Waals surface area contributed by atoms with Crippen LogP contribution in [-0.4, -0.2) is 25.0 Å². The second kappa shape index (κ2) is 6.63. The molecule has 0 radical (unpaired) electrons. The molecule has 0 bridgehead atoms. The van der Waals surface area contributed by atoms with Crippen molar-refractivity contribution in [1.82, 2.24) is 4.90 Å². The van der Waals surface area contributed by atoms with Gasteiger partial charge >= 0.3 is 0 Å². The lowest BCUT2D eigenvalue weighted by molar-refractivity contribution is 0.0783. The molecule has 2 aromatic carbocycles. The molecule has 0 aliphatic carbocycles. The summed E-state index contributed by atoms with van der Waals surface area (Å²) in [7, 11) is 3.27. The van der Waals surface area contributed by atoms with Gasteiger partial charge < -0.3 is 15.4 Å². The first-order chi connectivity index (χ1) is 10.0. The van der Waals surface area contributed by atoms with Crippen molar-refractivity contribution in [2.75, 3.05) is 19.9 Å². The average Bonchev–Trinajstić information content (AvgIpc) is 2.48. The zero-order chi connectivity index (χ0) is 15.4. The zero-order valence-corrected chi connectivity index (χ0v) is 13.6. The van der Waals surface area contributed by atoms with Crippen LogP contribution in [0.4, 0.5) is 5.69 Å². The van der Waals surface area contributed by atoms with E-state index in [-0.39, 0.29) is 5.91 Å². The number of hydrogen-bond acceptors (Lipinski definition) is 3. The van der Waals surface area contributed by atoms with Crippen LogP contribution in [0, 0.1) is 0 Å². The molecule has 110 valence electrons. The Hall–Kier alpha value is -2.01. The highest BCUT2D eigenvalue weighted by atomic mass is 79.9. The van der Waals surface area contributed by atoms with Crippen LogP contribution in [0.15, 0.2) is 46.9 Å². The van der Waals surface area contributed by atoms with Crippen LogP contribution in [0.3, 0.4) is 0 Å². The molecule has 0 saturated carbocycles. The molecule has 0 atom stereocenters. The molecule has 0 aliphatic rings. The summed E-state index contributed by atoms with van der Waals surface area (Å²) in [5.41, 5.74) is 7.78. The van der Waals surface area contributed by atoms with Crippen molar-refractivity contribution in [3.63, 3.8) is 0 Å². The number of carbonyl (C=O) groups is 1. The van der Waals surface area contributed by atoms with Crippen molar-refractivity contribution in [2.24, 2.45) is 0 Å². The molecule has 0 spiro atoms. The maximum absolute atomic E-state index is 12.6. The number of carbonyl (C=O) groups excluding carboxylic acids is 1. The van der Waals surface area contributed by atoms with E-state index in [1.54, 1.807) is 30.1 Å². The molecular weight excluding hydrogens is 332 g/mol. The van der Waals surface area contributed by atoms with E-state index in [4.69, 9.17) is 10.5 Å². The maximum Gasteiger partial charge on any atom is 0.259 e. The predicted octanol–water partition coefficient (Wildman–Crippen LogP) is 3.31. The van der Waals surface area contributed by atoms with E-state index in [9.17, 15) is 4.79 Å². The third-order valence-corrected chi connectivity index (χ3v) is 3.70. The zero-order valence-electron chi connectivity index (χ0n) is 12.0. The fourth-order valence-corrected chi connectivity index (χ4v) is 2.34. The fraction of sp³-hybridized carbons (Fsp3) is 0.188. The summed E-state index contributed by atoms with van der Waals surface area (Å²) < 4.78 is 6.24. The second-order valence-electron chi connectivity index (χ2n) is 4.71. The highest BCUT2D eigenvalue weighted by Crippen LogP contribution is 2.26. The molecular formula is C16H17BrN2O2. The molecule has 0 saturated heterocycles. The second-order valence-corrected chi connectivity index (χ2v) is 5.63. The standard InChI is InChI=1S/C16H17BrN2O2/c1-19(10-11-6-8-12(17)9-7-11)16(20)15-13(18)4-3-5-14(15)21-2/h3-9H,10,18H2,1-2H3. The Morgan fingerprint density at radius 2 is 1.90 bits per heavy atom. The topological polar surface area (TPSA) is 55.6 Å². The van der Waals surface area contributed by atoms with E-state index in [1.165, 1.54) is 7.11 Å². The van der Waals surface area contributed by atoms with Crippen LogP contribution in [0.5, 0.6) is 5.75 Å². The number of nitrogens with two attached hydrogens (primary N) is 1. The Bertz CT molecular complexity index is 641. The molecule has 0 fully saturated rings. The van der Waals surface area contributed by atoms with E-state index in [1.807, 2.05) is 24.3 Å². The maximum atomic E-state index is 12.6. The largest absolute Gasteiger partial charge is 0.496 e. The van der Waals surface area contributed by atoms with E-state index >= 15 is 0 Å². The number of halogens is 1. The van der Waals surface area contributed by atoms with Gasteiger partial charge in [-0.2, -0.15) is 0 Å². The summed E-state index contributed by atoms with van der Waals surface area (Å²) in [6.45, 7) is 0.504. The van der Waals surface area contributed by atoms with Crippen LogP contribution in [-0.2, 0) is 6.54 Å². The van der Waals surface area contributed by atoms with Gasteiger partial charge in [-0.25, -0.2) is 0 Å². The highest BCUT2D eigenvalue weighted by Gasteiger charge is 2.19.